The molecule has 0 aromatic heterocycles. The van der Waals surface area contributed by atoms with Gasteiger partial charge in [0.1, 0.15) is 0 Å². The number of carboxylic acid groups (broad SMARTS) is 2. The van der Waals surface area contributed by atoms with E-state index in [4.69, 9.17) is 15.9 Å². The first kappa shape index (κ1) is 20.1. The Hall–Kier alpha value is -1.93. The average Bonchev–Trinajstić information content (AvgIpc) is 3.07. The molecule has 1 saturated carbocycles. The van der Waals surface area contributed by atoms with Crippen molar-refractivity contribution in [1.82, 2.24) is 4.90 Å². The van der Waals surface area contributed by atoms with Crippen LogP contribution in [-0.4, -0.2) is 63.3 Å². The first-order chi connectivity index (χ1) is 11.3. The van der Waals surface area contributed by atoms with Gasteiger partial charge in [-0.1, -0.05) is 12.8 Å². The fourth-order valence-corrected chi connectivity index (χ4v) is 3.03. The van der Waals surface area contributed by atoms with Crippen molar-refractivity contribution in [3.05, 3.63) is 12.2 Å². The summed E-state index contributed by atoms with van der Waals surface area (Å²) in [5.74, 6) is -2.50. The van der Waals surface area contributed by atoms with Crippen LogP contribution < -0.4 is 5.73 Å². The first-order valence-electron chi connectivity index (χ1n) is 8.19. The number of carboxylic acids is 2. The maximum absolute atomic E-state index is 12.1. The highest BCUT2D eigenvalue weighted by molar-refractivity contribution is 5.89. The molecule has 5 N–H and O–H groups in total. The van der Waals surface area contributed by atoms with E-state index in [1.165, 1.54) is 0 Å². The predicted octanol–water partition coefficient (Wildman–Crippen LogP) is 0.199. The third-order valence-electron chi connectivity index (χ3n) is 4.31. The smallest absolute Gasteiger partial charge is 0.328 e. The van der Waals surface area contributed by atoms with Crippen LogP contribution in [0.3, 0.4) is 0 Å². The zero-order valence-corrected chi connectivity index (χ0v) is 13.6. The van der Waals surface area contributed by atoms with Gasteiger partial charge in [0, 0.05) is 31.2 Å². The van der Waals surface area contributed by atoms with Crippen molar-refractivity contribution in [1.29, 1.82) is 0 Å². The molecule has 1 saturated heterocycles. The van der Waals surface area contributed by atoms with Gasteiger partial charge in [0.25, 0.3) is 0 Å². The standard InChI is InChI=1S/C12H22N2O2.C4H4O4/c13-11(9-5-1-2-6-10(9)15)12(16)14-7-3-4-8-14;5-3(6)1-2-4(7)8/h9-11,15H,1-8,13H2;1-2H,(H,5,6)(H,7,8)/b;2-1+/t9-,10+,11+;/m0./s1. The van der Waals surface area contributed by atoms with Crippen LogP contribution in [0.1, 0.15) is 38.5 Å². The van der Waals surface area contributed by atoms with Gasteiger partial charge < -0.3 is 26.0 Å². The maximum atomic E-state index is 12.1. The lowest BCUT2D eigenvalue weighted by atomic mass is 9.81. The van der Waals surface area contributed by atoms with Gasteiger partial charge >= 0.3 is 11.9 Å². The molecule has 2 fully saturated rings. The number of nitrogens with two attached hydrogens (primary N) is 1. The first-order valence-corrected chi connectivity index (χ1v) is 8.19. The molecule has 1 aliphatic heterocycles. The second kappa shape index (κ2) is 10.0. The molecule has 2 aliphatic rings. The summed E-state index contributed by atoms with van der Waals surface area (Å²) in [6.07, 6.45) is 6.75. The highest BCUT2D eigenvalue weighted by Crippen LogP contribution is 2.27. The van der Waals surface area contributed by atoms with Crippen LogP contribution in [0.2, 0.25) is 0 Å². The van der Waals surface area contributed by atoms with Crippen molar-refractivity contribution >= 4 is 17.8 Å². The Morgan fingerprint density at radius 2 is 1.46 bits per heavy atom. The van der Waals surface area contributed by atoms with E-state index >= 15 is 0 Å². The van der Waals surface area contributed by atoms with Gasteiger partial charge in [-0.15, -0.1) is 0 Å². The minimum Gasteiger partial charge on any atom is -0.478 e. The molecule has 0 spiro atoms. The van der Waals surface area contributed by atoms with E-state index in [1.807, 2.05) is 4.90 Å². The van der Waals surface area contributed by atoms with E-state index in [9.17, 15) is 19.5 Å². The molecule has 0 radical (unpaired) electrons. The number of carbonyl (C=O) groups excluding carboxylic acids is 1. The third kappa shape index (κ3) is 6.67. The van der Waals surface area contributed by atoms with Crippen molar-refractivity contribution in [2.75, 3.05) is 13.1 Å². The second-order valence-electron chi connectivity index (χ2n) is 6.08. The summed E-state index contributed by atoms with van der Waals surface area (Å²) in [6, 6.07) is -0.492. The number of nitrogens with zero attached hydrogens (tertiary/aromatic N) is 1. The summed E-state index contributed by atoms with van der Waals surface area (Å²) in [6.45, 7) is 1.69. The highest BCUT2D eigenvalue weighted by Gasteiger charge is 2.35. The monoisotopic (exact) mass is 342 g/mol. The SMILES string of the molecule is N[C@@H](C(=O)N1CCCC1)[C@H]1CCCC[C@H]1O.O=C(O)/C=C/C(=O)O. The highest BCUT2D eigenvalue weighted by atomic mass is 16.4. The molecule has 8 heteroatoms. The minimum absolute atomic E-state index is 0.0261. The number of hydrogen-bond donors (Lipinski definition) is 4. The van der Waals surface area contributed by atoms with Gasteiger partial charge in [-0.25, -0.2) is 9.59 Å². The Balaban J connectivity index is 0.000000307. The van der Waals surface area contributed by atoms with Gasteiger partial charge in [-0.3, -0.25) is 4.79 Å². The summed E-state index contributed by atoms with van der Waals surface area (Å²) in [5.41, 5.74) is 6.01. The summed E-state index contributed by atoms with van der Waals surface area (Å²) in [5, 5.41) is 25.5. The maximum Gasteiger partial charge on any atom is 0.328 e. The van der Waals surface area contributed by atoms with Crippen LogP contribution in [0, 0.1) is 5.92 Å². The molecule has 0 aromatic rings. The van der Waals surface area contributed by atoms with Gasteiger partial charge in [0.2, 0.25) is 5.91 Å². The van der Waals surface area contributed by atoms with Crippen LogP contribution in [0.5, 0.6) is 0 Å². The van der Waals surface area contributed by atoms with Crippen molar-refractivity contribution in [2.24, 2.45) is 11.7 Å². The predicted molar refractivity (Wildman–Crippen MR) is 86.2 cm³/mol. The molecule has 136 valence electrons. The number of aliphatic carboxylic acids is 2. The molecule has 24 heavy (non-hydrogen) atoms. The summed E-state index contributed by atoms with van der Waals surface area (Å²) in [4.78, 5) is 33.0. The van der Waals surface area contributed by atoms with Gasteiger partial charge in [-0.05, 0) is 25.7 Å². The molecule has 3 atom stereocenters. The molecule has 0 aromatic carbocycles. The lowest BCUT2D eigenvalue weighted by Crippen LogP contribution is -2.50. The molecule has 2 rings (SSSR count). The largest absolute Gasteiger partial charge is 0.478 e. The molecule has 8 nitrogen and oxygen atoms in total. The molecule has 0 bridgehead atoms. The zero-order valence-electron chi connectivity index (χ0n) is 13.6. The number of aliphatic hydroxyl groups is 1. The summed E-state index contributed by atoms with van der Waals surface area (Å²) >= 11 is 0. The number of likely N-dealkylation sites (tertiary alicyclic amines) is 1. The fourth-order valence-electron chi connectivity index (χ4n) is 3.03. The molecule has 0 unspecified atom stereocenters. The van der Waals surface area contributed by atoms with Crippen molar-refractivity contribution in [2.45, 2.75) is 50.7 Å². The van der Waals surface area contributed by atoms with E-state index in [0.29, 0.717) is 12.2 Å². The van der Waals surface area contributed by atoms with Crippen LogP contribution in [0.25, 0.3) is 0 Å². The molecule has 1 heterocycles. The second-order valence-corrected chi connectivity index (χ2v) is 6.08. The number of amides is 1. The Labute approximate surface area is 140 Å². The van der Waals surface area contributed by atoms with E-state index in [-0.39, 0.29) is 17.9 Å². The fraction of sp³-hybridized carbons (Fsp3) is 0.688. The Morgan fingerprint density at radius 3 is 1.92 bits per heavy atom. The average molecular weight is 342 g/mol. The number of carbonyl (C=O) groups is 3. The van der Waals surface area contributed by atoms with Crippen LogP contribution in [-0.2, 0) is 14.4 Å². The molecule has 1 amide bonds. The quantitative estimate of drug-likeness (QED) is 0.535. The summed E-state index contributed by atoms with van der Waals surface area (Å²) in [7, 11) is 0. The molecule has 1 aliphatic carbocycles. The van der Waals surface area contributed by atoms with E-state index in [1.54, 1.807) is 0 Å². The van der Waals surface area contributed by atoms with Gasteiger partial charge in [-0.2, -0.15) is 0 Å². The lowest BCUT2D eigenvalue weighted by molar-refractivity contribution is -0.134. The van der Waals surface area contributed by atoms with Crippen molar-refractivity contribution in [3.8, 4) is 0 Å². The van der Waals surface area contributed by atoms with Crippen molar-refractivity contribution in [3.63, 3.8) is 0 Å². The number of rotatable bonds is 4. The van der Waals surface area contributed by atoms with E-state index in [2.05, 4.69) is 0 Å². The van der Waals surface area contributed by atoms with Gasteiger partial charge in [0.15, 0.2) is 0 Å². The van der Waals surface area contributed by atoms with Gasteiger partial charge in [0.05, 0.1) is 12.1 Å². The number of aliphatic hydroxyl groups excluding tert-OH is 1. The lowest BCUT2D eigenvalue weighted by Gasteiger charge is -2.33. The Bertz CT molecular complexity index is 457. The Kier molecular flexibility index (Phi) is 8.42. The topological polar surface area (TPSA) is 141 Å². The minimum atomic E-state index is -1.26. The van der Waals surface area contributed by atoms with Crippen molar-refractivity contribution < 1.29 is 29.7 Å². The van der Waals surface area contributed by atoms with E-state index < -0.39 is 18.0 Å². The zero-order chi connectivity index (χ0) is 18.1. The van der Waals surface area contributed by atoms with Crippen LogP contribution in [0.4, 0.5) is 0 Å². The Morgan fingerprint density at radius 1 is 0.958 bits per heavy atom. The van der Waals surface area contributed by atoms with Crippen LogP contribution in [0.15, 0.2) is 12.2 Å². The van der Waals surface area contributed by atoms with E-state index in [0.717, 1.165) is 51.6 Å². The third-order valence-corrected chi connectivity index (χ3v) is 4.31. The normalized spacial score (nSPS) is 25.0. The number of hydrogen-bond acceptors (Lipinski definition) is 5. The molecular formula is C16H26N2O6. The summed E-state index contributed by atoms with van der Waals surface area (Å²) < 4.78 is 0. The molecular weight excluding hydrogens is 316 g/mol. The van der Waals surface area contributed by atoms with Crippen LogP contribution >= 0.6 is 0 Å².